The van der Waals surface area contributed by atoms with Gasteiger partial charge in [0, 0.05) is 19.3 Å². The first-order chi connectivity index (χ1) is 8.49. The van der Waals surface area contributed by atoms with Gasteiger partial charge in [-0.1, -0.05) is 6.92 Å². The standard InChI is InChI=1S/C12H13BrN2O3/c1-7-5-15(6-9(7)12(17)18)11(16)8-2-3-10(13)14-4-8/h2-4,7,9H,5-6H2,1H3,(H,17,18)/t7-,9-/m1/s1. The first kappa shape index (κ1) is 13.0. The van der Waals surface area contributed by atoms with E-state index in [2.05, 4.69) is 20.9 Å². The largest absolute Gasteiger partial charge is 0.481 e. The highest BCUT2D eigenvalue weighted by Gasteiger charge is 2.37. The van der Waals surface area contributed by atoms with Crippen LogP contribution in [0.25, 0.3) is 0 Å². The lowest BCUT2D eigenvalue weighted by Gasteiger charge is -2.15. The van der Waals surface area contributed by atoms with Gasteiger partial charge in [-0.2, -0.15) is 0 Å². The minimum absolute atomic E-state index is 0.0187. The van der Waals surface area contributed by atoms with E-state index in [4.69, 9.17) is 5.11 Å². The molecule has 2 rings (SSSR count). The molecule has 1 amide bonds. The Balaban J connectivity index is 2.12. The van der Waals surface area contributed by atoms with Crippen LogP contribution >= 0.6 is 15.9 Å². The molecule has 1 saturated heterocycles. The molecule has 2 atom stereocenters. The highest BCUT2D eigenvalue weighted by Crippen LogP contribution is 2.24. The van der Waals surface area contributed by atoms with Crippen molar-refractivity contribution in [2.75, 3.05) is 13.1 Å². The number of carbonyl (C=O) groups is 2. The summed E-state index contributed by atoms with van der Waals surface area (Å²) in [7, 11) is 0. The summed E-state index contributed by atoms with van der Waals surface area (Å²) >= 11 is 3.20. The van der Waals surface area contributed by atoms with Crippen molar-refractivity contribution in [2.24, 2.45) is 11.8 Å². The zero-order valence-corrected chi connectivity index (χ0v) is 11.4. The maximum absolute atomic E-state index is 12.1. The minimum Gasteiger partial charge on any atom is -0.481 e. The Morgan fingerprint density at radius 2 is 2.17 bits per heavy atom. The van der Waals surface area contributed by atoms with E-state index in [1.165, 1.54) is 6.20 Å². The van der Waals surface area contributed by atoms with Gasteiger partial charge in [0.1, 0.15) is 4.60 Å². The van der Waals surface area contributed by atoms with Crippen LogP contribution in [0.1, 0.15) is 17.3 Å². The molecule has 6 heteroatoms. The van der Waals surface area contributed by atoms with Crippen molar-refractivity contribution >= 4 is 27.8 Å². The molecule has 0 radical (unpaired) electrons. The Morgan fingerprint density at radius 1 is 1.44 bits per heavy atom. The van der Waals surface area contributed by atoms with Gasteiger partial charge in [-0.05, 0) is 34.0 Å². The molecule has 1 N–H and O–H groups in total. The van der Waals surface area contributed by atoms with E-state index in [1.807, 2.05) is 6.92 Å². The molecular weight excluding hydrogens is 300 g/mol. The van der Waals surface area contributed by atoms with Crippen LogP contribution in [0.4, 0.5) is 0 Å². The number of pyridine rings is 1. The summed E-state index contributed by atoms with van der Waals surface area (Å²) in [6.45, 7) is 2.60. The Kier molecular flexibility index (Phi) is 3.65. The Hall–Kier alpha value is -1.43. The second-order valence-electron chi connectivity index (χ2n) is 4.50. The predicted molar refractivity (Wildman–Crippen MR) is 68.1 cm³/mol. The molecule has 0 spiro atoms. The third-order valence-corrected chi connectivity index (χ3v) is 3.66. The fourth-order valence-corrected chi connectivity index (χ4v) is 2.37. The summed E-state index contributed by atoms with van der Waals surface area (Å²) in [5.41, 5.74) is 0.483. The number of aromatic nitrogens is 1. The Bertz CT molecular complexity index is 475. The molecule has 5 nitrogen and oxygen atoms in total. The van der Waals surface area contributed by atoms with Crippen LogP contribution in [0.15, 0.2) is 22.9 Å². The molecule has 1 aliphatic rings. The van der Waals surface area contributed by atoms with Crippen molar-refractivity contribution in [1.29, 1.82) is 0 Å². The van der Waals surface area contributed by atoms with Crippen LogP contribution in [0.3, 0.4) is 0 Å². The van der Waals surface area contributed by atoms with Gasteiger partial charge < -0.3 is 10.0 Å². The molecule has 1 aliphatic heterocycles. The second kappa shape index (κ2) is 5.06. The molecular formula is C12H13BrN2O3. The van der Waals surface area contributed by atoms with Crippen molar-refractivity contribution in [3.8, 4) is 0 Å². The summed E-state index contributed by atoms with van der Waals surface area (Å²) in [6.07, 6.45) is 1.49. The quantitative estimate of drug-likeness (QED) is 0.843. The molecule has 0 bridgehead atoms. The van der Waals surface area contributed by atoms with Crippen molar-refractivity contribution in [1.82, 2.24) is 9.88 Å². The van der Waals surface area contributed by atoms with Crippen molar-refractivity contribution in [2.45, 2.75) is 6.92 Å². The number of carboxylic acid groups (broad SMARTS) is 1. The number of carboxylic acids is 1. The highest BCUT2D eigenvalue weighted by atomic mass is 79.9. The lowest BCUT2D eigenvalue weighted by Crippen LogP contribution is -2.30. The fraction of sp³-hybridized carbons (Fsp3) is 0.417. The zero-order chi connectivity index (χ0) is 13.3. The van der Waals surface area contributed by atoms with E-state index in [0.717, 1.165) is 0 Å². The normalized spacial score (nSPS) is 23.1. The van der Waals surface area contributed by atoms with E-state index < -0.39 is 11.9 Å². The Morgan fingerprint density at radius 3 is 2.67 bits per heavy atom. The van der Waals surface area contributed by atoms with Crippen LogP contribution in [0.2, 0.25) is 0 Å². The zero-order valence-electron chi connectivity index (χ0n) is 9.84. The van der Waals surface area contributed by atoms with Crippen LogP contribution < -0.4 is 0 Å². The first-order valence-electron chi connectivity index (χ1n) is 5.62. The topological polar surface area (TPSA) is 70.5 Å². The number of hydrogen-bond acceptors (Lipinski definition) is 3. The van der Waals surface area contributed by atoms with E-state index in [9.17, 15) is 9.59 Å². The number of carbonyl (C=O) groups excluding carboxylic acids is 1. The molecule has 1 aromatic heterocycles. The number of rotatable bonds is 2. The number of halogens is 1. The molecule has 0 aliphatic carbocycles. The summed E-state index contributed by atoms with van der Waals surface area (Å²) in [5.74, 6) is -1.50. The number of nitrogens with zero attached hydrogens (tertiary/aromatic N) is 2. The maximum Gasteiger partial charge on any atom is 0.308 e. The molecule has 0 aromatic carbocycles. The van der Waals surface area contributed by atoms with Crippen molar-refractivity contribution < 1.29 is 14.7 Å². The lowest BCUT2D eigenvalue weighted by molar-refractivity contribution is -0.142. The van der Waals surface area contributed by atoms with Gasteiger partial charge in [-0.25, -0.2) is 4.98 Å². The van der Waals surface area contributed by atoms with Gasteiger partial charge in [0.05, 0.1) is 11.5 Å². The molecule has 0 saturated carbocycles. The van der Waals surface area contributed by atoms with E-state index >= 15 is 0 Å². The van der Waals surface area contributed by atoms with Crippen molar-refractivity contribution in [3.63, 3.8) is 0 Å². The maximum atomic E-state index is 12.1. The van der Waals surface area contributed by atoms with Crippen LogP contribution in [0, 0.1) is 11.8 Å². The number of amides is 1. The number of likely N-dealkylation sites (tertiary alicyclic amines) is 1. The predicted octanol–water partition coefficient (Wildman–Crippen LogP) is 1.64. The monoisotopic (exact) mass is 312 g/mol. The summed E-state index contributed by atoms with van der Waals surface area (Å²) in [6, 6.07) is 3.37. The summed E-state index contributed by atoms with van der Waals surface area (Å²) < 4.78 is 0.664. The molecule has 1 fully saturated rings. The summed E-state index contributed by atoms with van der Waals surface area (Å²) in [4.78, 5) is 28.7. The SMILES string of the molecule is C[C@@H]1CN(C(=O)c2ccc(Br)nc2)C[C@H]1C(=O)O. The third kappa shape index (κ3) is 2.53. The molecule has 18 heavy (non-hydrogen) atoms. The lowest BCUT2D eigenvalue weighted by atomic mass is 9.99. The van der Waals surface area contributed by atoms with Crippen LogP contribution in [-0.4, -0.2) is 40.0 Å². The van der Waals surface area contributed by atoms with Gasteiger partial charge in [0.25, 0.3) is 5.91 Å². The molecule has 0 unspecified atom stereocenters. The van der Waals surface area contributed by atoms with E-state index in [-0.39, 0.29) is 18.4 Å². The highest BCUT2D eigenvalue weighted by molar-refractivity contribution is 9.10. The van der Waals surface area contributed by atoms with Gasteiger partial charge in [0.2, 0.25) is 0 Å². The number of hydrogen-bond donors (Lipinski definition) is 1. The summed E-state index contributed by atoms with van der Waals surface area (Å²) in [5, 5.41) is 9.03. The van der Waals surface area contributed by atoms with Crippen molar-refractivity contribution in [3.05, 3.63) is 28.5 Å². The first-order valence-corrected chi connectivity index (χ1v) is 6.42. The average molecular weight is 313 g/mol. The van der Waals surface area contributed by atoms with E-state index in [0.29, 0.717) is 16.7 Å². The third-order valence-electron chi connectivity index (χ3n) is 3.19. The van der Waals surface area contributed by atoms with Crippen LogP contribution in [0.5, 0.6) is 0 Å². The van der Waals surface area contributed by atoms with E-state index in [1.54, 1.807) is 17.0 Å². The molecule has 1 aromatic rings. The van der Waals surface area contributed by atoms with Gasteiger partial charge in [0.15, 0.2) is 0 Å². The van der Waals surface area contributed by atoms with Gasteiger partial charge in [-0.15, -0.1) is 0 Å². The van der Waals surface area contributed by atoms with Gasteiger partial charge >= 0.3 is 5.97 Å². The second-order valence-corrected chi connectivity index (χ2v) is 5.31. The molecule has 2 heterocycles. The number of aliphatic carboxylic acids is 1. The fourth-order valence-electron chi connectivity index (χ4n) is 2.14. The molecule has 96 valence electrons. The smallest absolute Gasteiger partial charge is 0.308 e. The van der Waals surface area contributed by atoms with Crippen LogP contribution in [-0.2, 0) is 4.79 Å². The minimum atomic E-state index is -0.841. The van der Waals surface area contributed by atoms with Gasteiger partial charge in [-0.3, -0.25) is 9.59 Å². The average Bonchev–Trinajstić information content (AvgIpc) is 2.71. The Labute approximate surface area is 113 Å².